The zero-order valence-electron chi connectivity index (χ0n) is 11.5. The van der Waals surface area contributed by atoms with Crippen LogP contribution in [0.25, 0.3) is 0 Å². The van der Waals surface area contributed by atoms with E-state index in [4.69, 9.17) is 22.3 Å². The Morgan fingerprint density at radius 2 is 1.90 bits per heavy atom. The Morgan fingerprint density at radius 3 is 2.55 bits per heavy atom. The molecule has 1 aliphatic rings. The summed E-state index contributed by atoms with van der Waals surface area (Å²) in [6.07, 6.45) is 4.89. The molecule has 108 valence electrons. The normalized spacial score (nSPS) is 22.1. The molecule has 0 radical (unpaired) electrons. The Kier molecular flexibility index (Phi) is 4.32. The van der Waals surface area contributed by atoms with Crippen molar-refractivity contribution in [2.24, 2.45) is 11.5 Å². The molecular formula is C15H22N4O. The molecule has 20 heavy (non-hydrogen) atoms. The molecule has 0 bridgehead atoms. The zero-order valence-corrected chi connectivity index (χ0v) is 11.5. The molecule has 0 saturated heterocycles. The molecule has 5 nitrogen and oxygen atoms in total. The van der Waals surface area contributed by atoms with Crippen LogP contribution in [0.15, 0.2) is 47.7 Å². The lowest BCUT2D eigenvalue weighted by Crippen LogP contribution is -2.41. The summed E-state index contributed by atoms with van der Waals surface area (Å²) in [5.74, 6) is 0. The maximum absolute atomic E-state index is 9.08. The second kappa shape index (κ2) is 5.98. The molecule has 1 unspecified atom stereocenters. The van der Waals surface area contributed by atoms with Crippen molar-refractivity contribution in [2.45, 2.75) is 18.4 Å². The zero-order chi connectivity index (χ0) is 14.6. The van der Waals surface area contributed by atoms with Gasteiger partial charge in [-0.15, -0.1) is 0 Å². The summed E-state index contributed by atoms with van der Waals surface area (Å²) in [6.45, 7) is 0.698. The van der Waals surface area contributed by atoms with Gasteiger partial charge in [0.05, 0.1) is 0 Å². The van der Waals surface area contributed by atoms with E-state index in [9.17, 15) is 0 Å². The second-order valence-electron chi connectivity index (χ2n) is 5.25. The predicted octanol–water partition coefficient (Wildman–Crippen LogP) is 0.933. The minimum Gasteiger partial charge on any atom is -0.399 e. The number of nitrogens with one attached hydrogen (secondary N) is 1. The highest BCUT2D eigenvalue weighted by Crippen LogP contribution is 2.26. The van der Waals surface area contributed by atoms with Gasteiger partial charge in [0, 0.05) is 35.8 Å². The summed E-state index contributed by atoms with van der Waals surface area (Å²) in [5, 5.41) is 12.4. The van der Waals surface area contributed by atoms with Crippen LogP contribution in [0.2, 0.25) is 0 Å². The number of aliphatic hydroxyl groups excluding tert-OH is 1. The van der Waals surface area contributed by atoms with Gasteiger partial charge in [-0.1, -0.05) is 6.08 Å². The van der Waals surface area contributed by atoms with Crippen molar-refractivity contribution in [1.82, 2.24) is 0 Å². The first-order valence-corrected chi connectivity index (χ1v) is 6.68. The molecule has 0 amide bonds. The van der Waals surface area contributed by atoms with Crippen molar-refractivity contribution >= 4 is 11.4 Å². The molecule has 0 saturated carbocycles. The average molecular weight is 274 g/mol. The number of hydrogen-bond acceptors (Lipinski definition) is 5. The van der Waals surface area contributed by atoms with Gasteiger partial charge >= 0.3 is 0 Å². The number of hydrogen-bond donors (Lipinski definition) is 5. The number of anilines is 2. The van der Waals surface area contributed by atoms with Crippen LogP contribution in [0.4, 0.5) is 11.4 Å². The van der Waals surface area contributed by atoms with Crippen LogP contribution in [-0.2, 0) is 0 Å². The van der Waals surface area contributed by atoms with Crippen LogP contribution in [0.3, 0.4) is 0 Å². The van der Waals surface area contributed by atoms with Crippen LogP contribution in [0.5, 0.6) is 0 Å². The van der Waals surface area contributed by atoms with E-state index in [2.05, 4.69) is 5.32 Å². The molecular weight excluding hydrogens is 252 g/mol. The summed E-state index contributed by atoms with van der Waals surface area (Å²) >= 11 is 0. The first-order valence-electron chi connectivity index (χ1n) is 6.68. The molecule has 0 heterocycles. The monoisotopic (exact) mass is 274 g/mol. The van der Waals surface area contributed by atoms with Gasteiger partial charge in [0.15, 0.2) is 0 Å². The first-order chi connectivity index (χ1) is 9.52. The Balaban J connectivity index is 2.01. The van der Waals surface area contributed by atoms with Crippen molar-refractivity contribution in [1.29, 1.82) is 0 Å². The van der Waals surface area contributed by atoms with Crippen molar-refractivity contribution in [2.75, 3.05) is 24.2 Å². The van der Waals surface area contributed by atoms with Gasteiger partial charge in [0.2, 0.25) is 0 Å². The molecule has 1 aromatic rings. The number of allylic oxidation sites excluding steroid dienone is 1. The Morgan fingerprint density at radius 1 is 1.20 bits per heavy atom. The maximum Gasteiger partial charge on any atom is 0.0451 e. The van der Waals surface area contributed by atoms with Crippen molar-refractivity contribution in [3.8, 4) is 0 Å². The van der Waals surface area contributed by atoms with E-state index in [1.54, 1.807) is 0 Å². The molecule has 0 aliphatic heterocycles. The number of nitrogen functional groups attached to an aromatic ring is 1. The van der Waals surface area contributed by atoms with E-state index in [1.165, 1.54) is 0 Å². The number of benzene rings is 1. The predicted molar refractivity (Wildman–Crippen MR) is 82.9 cm³/mol. The summed E-state index contributed by atoms with van der Waals surface area (Å²) in [5.41, 5.74) is 20.9. The van der Waals surface area contributed by atoms with Gasteiger partial charge < -0.3 is 27.6 Å². The van der Waals surface area contributed by atoms with E-state index in [0.717, 1.165) is 22.6 Å². The number of aliphatic hydroxyl groups is 1. The first kappa shape index (κ1) is 14.4. The third kappa shape index (κ3) is 3.53. The van der Waals surface area contributed by atoms with E-state index in [-0.39, 0.29) is 6.61 Å². The summed E-state index contributed by atoms with van der Waals surface area (Å²) in [4.78, 5) is 0. The fourth-order valence-corrected chi connectivity index (χ4v) is 2.29. The van der Waals surface area contributed by atoms with Crippen molar-refractivity contribution in [3.05, 3.63) is 47.7 Å². The van der Waals surface area contributed by atoms with E-state index < -0.39 is 5.54 Å². The summed E-state index contributed by atoms with van der Waals surface area (Å²) < 4.78 is 0. The Labute approximate surface area is 119 Å². The third-order valence-corrected chi connectivity index (χ3v) is 3.54. The van der Waals surface area contributed by atoms with Gasteiger partial charge in [-0.05, 0) is 48.8 Å². The number of rotatable bonds is 5. The molecule has 0 fully saturated rings. The molecule has 5 heteroatoms. The molecule has 2 rings (SSSR count). The van der Waals surface area contributed by atoms with E-state index in [1.807, 2.05) is 36.4 Å². The lowest BCUT2D eigenvalue weighted by atomic mass is 9.83. The highest BCUT2D eigenvalue weighted by molar-refractivity contribution is 5.52. The van der Waals surface area contributed by atoms with Crippen LogP contribution < -0.4 is 22.5 Å². The van der Waals surface area contributed by atoms with Crippen molar-refractivity contribution in [3.63, 3.8) is 0 Å². The van der Waals surface area contributed by atoms with Crippen LogP contribution in [0.1, 0.15) is 12.8 Å². The Hall–Kier alpha value is -1.98. The fourth-order valence-electron chi connectivity index (χ4n) is 2.29. The highest BCUT2D eigenvalue weighted by Gasteiger charge is 2.26. The minimum atomic E-state index is -0.504. The standard InChI is InChI=1S/C15H22N4O/c16-12-1-3-13(4-2-12)19-10-11-9-15(18,7-8-20)6-5-14(11)17/h1-6,19-20H,7-10,16-18H2. The van der Waals surface area contributed by atoms with Crippen LogP contribution >= 0.6 is 0 Å². The topological polar surface area (TPSA) is 110 Å². The van der Waals surface area contributed by atoms with Gasteiger partial charge in [0.1, 0.15) is 0 Å². The van der Waals surface area contributed by atoms with E-state index >= 15 is 0 Å². The lowest BCUT2D eigenvalue weighted by molar-refractivity contribution is 0.255. The van der Waals surface area contributed by atoms with Crippen molar-refractivity contribution < 1.29 is 5.11 Å². The summed E-state index contributed by atoms with van der Waals surface area (Å²) in [6, 6.07) is 7.54. The minimum absolute atomic E-state index is 0.0689. The largest absolute Gasteiger partial charge is 0.399 e. The smallest absolute Gasteiger partial charge is 0.0451 e. The third-order valence-electron chi connectivity index (χ3n) is 3.54. The quantitative estimate of drug-likeness (QED) is 0.513. The number of nitrogens with two attached hydrogens (primary N) is 3. The van der Waals surface area contributed by atoms with Gasteiger partial charge in [0.25, 0.3) is 0 Å². The van der Waals surface area contributed by atoms with Gasteiger partial charge in [-0.2, -0.15) is 0 Å². The lowest BCUT2D eigenvalue weighted by Gasteiger charge is -2.30. The maximum atomic E-state index is 9.08. The average Bonchev–Trinajstić information content (AvgIpc) is 2.42. The van der Waals surface area contributed by atoms with Gasteiger partial charge in [-0.3, -0.25) is 0 Å². The van der Waals surface area contributed by atoms with Gasteiger partial charge in [-0.25, -0.2) is 0 Å². The molecule has 1 atom stereocenters. The fraction of sp³-hybridized carbons (Fsp3) is 0.333. The van der Waals surface area contributed by atoms with Crippen LogP contribution in [-0.4, -0.2) is 23.8 Å². The molecule has 1 aliphatic carbocycles. The molecule has 8 N–H and O–H groups in total. The highest BCUT2D eigenvalue weighted by atomic mass is 16.3. The SMILES string of the molecule is NC1=C(CNc2ccc(N)cc2)CC(N)(CCO)C=C1. The molecule has 0 spiro atoms. The summed E-state index contributed by atoms with van der Waals surface area (Å²) in [7, 11) is 0. The van der Waals surface area contributed by atoms with E-state index in [0.29, 0.717) is 19.4 Å². The van der Waals surface area contributed by atoms with Crippen LogP contribution in [0, 0.1) is 0 Å². The second-order valence-corrected chi connectivity index (χ2v) is 5.25. The Bertz CT molecular complexity index is 521. The molecule has 0 aromatic heterocycles. The molecule has 1 aromatic carbocycles.